The van der Waals surface area contributed by atoms with Gasteiger partial charge in [0.15, 0.2) is 0 Å². The second kappa shape index (κ2) is 7.29. The normalized spacial score (nSPS) is 10.0. The highest BCUT2D eigenvalue weighted by Crippen LogP contribution is 2.18. The first-order chi connectivity index (χ1) is 9.86. The van der Waals surface area contributed by atoms with Crippen LogP contribution in [0.2, 0.25) is 0 Å². The number of hydrogen-bond donors (Lipinski definition) is 2. The number of nitriles is 1. The molecular weight excluding hydrogens is 270 g/mol. The molecule has 0 aliphatic heterocycles. The third kappa shape index (κ3) is 4.49. The van der Waals surface area contributed by atoms with Crippen LogP contribution in [0.25, 0.3) is 0 Å². The summed E-state index contributed by atoms with van der Waals surface area (Å²) in [6, 6.07) is 6.18. The number of urea groups is 1. The predicted octanol–water partition coefficient (Wildman–Crippen LogP) is 2.85. The number of anilines is 1. The van der Waals surface area contributed by atoms with Crippen LogP contribution in [0.15, 0.2) is 18.2 Å². The van der Waals surface area contributed by atoms with Crippen LogP contribution < -0.4 is 5.32 Å². The zero-order valence-electron chi connectivity index (χ0n) is 12.4. The number of aryl methyl sites for hydroxylation is 1. The summed E-state index contributed by atoms with van der Waals surface area (Å²) in [4.78, 5) is 24.8. The van der Waals surface area contributed by atoms with Crippen LogP contribution in [0.3, 0.4) is 0 Å². The molecule has 0 atom stereocenters. The largest absolute Gasteiger partial charge is 0.478 e. The second-order valence-electron chi connectivity index (χ2n) is 4.96. The highest BCUT2D eigenvalue weighted by Gasteiger charge is 2.17. The topological polar surface area (TPSA) is 93.4 Å². The number of benzene rings is 1. The predicted molar refractivity (Wildman–Crippen MR) is 79.2 cm³/mol. The molecule has 0 aliphatic carbocycles. The number of hydrogen-bond acceptors (Lipinski definition) is 3. The van der Waals surface area contributed by atoms with Gasteiger partial charge in [-0.1, -0.05) is 6.07 Å². The van der Waals surface area contributed by atoms with Gasteiger partial charge >= 0.3 is 12.0 Å². The molecular formula is C15H19N3O3. The molecule has 0 heterocycles. The summed E-state index contributed by atoms with van der Waals surface area (Å²) in [5.41, 5.74) is 1.35. The average molecular weight is 289 g/mol. The fourth-order valence-corrected chi connectivity index (χ4v) is 1.84. The SMILES string of the molecule is Cc1ccc(C(=O)O)cc1NC(=O)N(CCC#N)C(C)C. The van der Waals surface area contributed by atoms with Crippen molar-refractivity contribution in [2.24, 2.45) is 0 Å². The van der Waals surface area contributed by atoms with Gasteiger partial charge < -0.3 is 15.3 Å². The fraction of sp³-hybridized carbons (Fsp3) is 0.400. The van der Waals surface area contributed by atoms with E-state index in [0.717, 1.165) is 5.56 Å². The molecule has 0 unspecified atom stereocenters. The second-order valence-corrected chi connectivity index (χ2v) is 4.96. The summed E-state index contributed by atoms with van der Waals surface area (Å²) in [6.07, 6.45) is 0.250. The van der Waals surface area contributed by atoms with Crippen molar-refractivity contribution in [3.05, 3.63) is 29.3 Å². The Morgan fingerprint density at radius 1 is 1.43 bits per heavy atom. The Kier molecular flexibility index (Phi) is 5.73. The Labute approximate surface area is 124 Å². The van der Waals surface area contributed by atoms with E-state index >= 15 is 0 Å². The molecule has 0 saturated heterocycles. The van der Waals surface area contributed by atoms with Crippen LogP contribution in [0.5, 0.6) is 0 Å². The third-order valence-corrected chi connectivity index (χ3v) is 3.07. The Hall–Kier alpha value is -2.55. The molecule has 0 fully saturated rings. The molecule has 2 amide bonds. The third-order valence-electron chi connectivity index (χ3n) is 3.07. The van der Waals surface area contributed by atoms with Crippen LogP contribution in [0, 0.1) is 18.3 Å². The highest BCUT2D eigenvalue weighted by atomic mass is 16.4. The van der Waals surface area contributed by atoms with E-state index in [-0.39, 0.29) is 24.1 Å². The van der Waals surface area contributed by atoms with Crippen LogP contribution in [-0.4, -0.2) is 34.6 Å². The summed E-state index contributed by atoms with van der Waals surface area (Å²) < 4.78 is 0. The minimum Gasteiger partial charge on any atom is -0.478 e. The van der Waals surface area contributed by atoms with E-state index in [9.17, 15) is 9.59 Å². The monoisotopic (exact) mass is 289 g/mol. The minimum atomic E-state index is -1.05. The van der Waals surface area contributed by atoms with E-state index in [4.69, 9.17) is 10.4 Å². The number of aromatic carboxylic acids is 1. The average Bonchev–Trinajstić information content (AvgIpc) is 2.41. The number of nitrogens with one attached hydrogen (secondary N) is 1. The lowest BCUT2D eigenvalue weighted by Gasteiger charge is -2.26. The molecule has 1 aromatic rings. The molecule has 0 spiro atoms. The van der Waals surface area contributed by atoms with Gasteiger partial charge in [0, 0.05) is 18.3 Å². The number of amides is 2. The molecule has 6 heteroatoms. The fourth-order valence-electron chi connectivity index (χ4n) is 1.84. The minimum absolute atomic E-state index is 0.0543. The van der Waals surface area contributed by atoms with Gasteiger partial charge in [0.1, 0.15) is 0 Å². The number of carbonyl (C=O) groups is 2. The van der Waals surface area contributed by atoms with Crippen LogP contribution in [0.4, 0.5) is 10.5 Å². The van der Waals surface area contributed by atoms with Crippen molar-refractivity contribution in [3.63, 3.8) is 0 Å². The maximum Gasteiger partial charge on any atom is 0.335 e. The van der Waals surface area contributed by atoms with E-state index in [2.05, 4.69) is 5.32 Å². The summed E-state index contributed by atoms with van der Waals surface area (Å²) in [6.45, 7) is 5.84. The van der Waals surface area contributed by atoms with E-state index < -0.39 is 5.97 Å². The van der Waals surface area contributed by atoms with Crippen molar-refractivity contribution in [1.29, 1.82) is 5.26 Å². The molecule has 0 saturated carbocycles. The van der Waals surface area contributed by atoms with Gasteiger partial charge in [-0.3, -0.25) is 0 Å². The zero-order chi connectivity index (χ0) is 16.0. The van der Waals surface area contributed by atoms with Gasteiger partial charge in [-0.25, -0.2) is 9.59 Å². The Balaban J connectivity index is 2.93. The molecule has 1 aromatic carbocycles. The highest BCUT2D eigenvalue weighted by molar-refractivity contribution is 5.94. The van der Waals surface area contributed by atoms with Crippen molar-refractivity contribution in [3.8, 4) is 6.07 Å². The zero-order valence-corrected chi connectivity index (χ0v) is 12.4. The van der Waals surface area contributed by atoms with E-state index in [1.165, 1.54) is 17.0 Å². The number of nitrogens with zero attached hydrogens (tertiary/aromatic N) is 2. The maximum atomic E-state index is 12.3. The van der Waals surface area contributed by atoms with Crippen molar-refractivity contribution in [2.75, 3.05) is 11.9 Å². The van der Waals surface area contributed by atoms with Crippen molar-refractivity contribution in [2.45, 2.75) is 33.2 Å². The number of rotatable bonds is 5. The molecule has 2 N–H and O–H groups in total. The van der Waals surface area contributed by atoms with Gasteiger partial charge in [0.2, 0.25) is 0 Å². The van der Waals surface area contributed by atoms with Crippen LogP contribution in [-0.2, 0) is 0 Å². The Morgan fingerprint density at radius 2 is 2.10 bits per heavy atom. The summed E-state index contributed by atoms with van der Waals surface area (Å²) in [5, 5.41) is 20.3. The molecule has 0 aromatic heterocycles. The van der Waals surface area contributed by atoms with E-state index in [0.29, 0.717) is 12.2 Å². The summed E-state index contributed by atoms with van der Waals surface area (Å²) >= 11 is 0. The standard InChI is InChI=1S/C15H19N3O3/c1-10(2)18(8-4-7-16)15(21)17-13-9-12(14(19)20)6-5-11(13)3/h5-6,9-10H,4,8H2,1-3H3,(H,17,21)(H,19,20). The van der Waals surface area contributed by atoms with Gasteiger partial charge in [-0.05, 0) is 38.5 Å². The lowest BCUT2D eigenvalue weighted by atomic mass is 10.1. The van der Waals surface area contributed by atoms with Gasteiger partial charge in [-0.2, -0.15) is 5.26 Å². The first-order valence-corrected chi connectivity index (χ1v) is 6.65. The van der Waals surface area contributed by atoms with Crippen LogP contribution in [0.1, 0.15) is 36.2 Å². The summed E-state index contributed by atoms with van der Waals surface area (Å²) in [7, 11) is 0. The number of carboxylic acid groups (broad SMARTS) is 1. The van der Waals surface area contributed by atoms with Crippen molar-refractivity contribution >= 4 is 17.7 Å². The van der Waals surface area contributed by atoms with Gasteiger partial charge in [0.05, 0.1) is 18.1 Å². The Bertz CT molecular complexity index is 576. The molecule has 0 radical (unpaired) electrons. The van der Waals surface area contributed by atoms with Gasteiger partial charge in [-0.15, -0.1) is 0 Å². The summed E-state index contributed by atoms with van der Waals surface area (Å²) in [5.74, 6) is -1.05. The molecule has 112 valence electrons. The van der Waals surface area contributed by atoms with Crippen LogP contribution >= 0.6 is 0 Å². The van der Waals surface area contributed by atoms with Crippen molar-refractivity contribution < 1.29 is 14.7 Å². The lowest BCUT2D eigenvalue weighted by molar-refractivity contribution is 0.0697. The molecule has 21 heavy (non-hydrogen) atoms. The molecule has 1 rings (SSSR count). The number of carbonyl (C=O) groups excluding carboxylic acids is 1. The van der Waals surface area contributed by atoms with Gasteiger partial charge in [0.25, 0.3) is 0 Å². The first-order valence-electron chi connectivity index (χ1n) is 6.65. The quantitative estimate of drug-likeness (QED) is 0.871. The lowest BCUT2D eigenvalue weighted by Crippen LogP contribution is -2.40. The number of carboxylic acids is 1. The first kappa shape index (κ1) is 16.5. The van der Waals surface area contributed by atoms with E-state index in [1.807, 2.05) is 19.9 Å². The van der Waals surface area contributed by atoms with Crippen molar-refractivity contribution in [1.82, 2.24) is 4.90 Å². The molecule has 6 nitrogen and oxygen atoms in total. The Morgan fingerprint density at radius 3 is 2.62 bits per heavy atom. The van der Waals surface area contributed by atoms with E-state index in [1.54, 1.807) is 13.0 Å². The molecule has 0 aliphatic rings. The smallest absolute Gasteiger partial charge is 0.335 e. The maximum absolute atomic E-state index is 12.3. The molecule has 0 bridgehead atoms.